The lowest BCUT2D eigenvalue weighted by Gasteiger charge is -2.16. The molecule has 2 aromatic rings. The molecule has 112 valence electrons. The summed E-state index contributed by atoms with van der Waals surface area (Å²) in [4.78, 5) is 14.7. The van der Waals surface area contributed by atoms with E-state index in [1.807, 2.05) is 30.3 Å². The summed E-state index contributed by atoms with van der Waals surface area (Å²) in [6.07, 6.45) is -0.444. The highest BCUT2D eigenvalue weighted by Gasteiger charge is 2.32. The number of nitrogens with zero attached hydrogens (tertiary/aromatic N) is 2. The van der Waals surface area contributed by atoms with Gasteiger partial charge in [-0.25, -0.2) is 4.99 Å². The van der Waals surface area contributed by atoms with Crippen molar-refractivity contribution in [2.45, 2.75) is 12.1 Å². The number of aliphatic imine (C=N–C) groups is 1. The molecule has 0 spiro atoms. The first-order valence-corrected chi connectivity index (χ1v) is 6.84. The zero-order valence-electron chi connectivity index (χ0n) is 11.6. The van der Waals surface area contributed by atoms with Crippen LogP contribution >= 0.6 is 0 Å². The largest absolute Gasteiger partial charge is 0.467 e. The van der Waals surface area contributed by atoms with Gasteiger partial charge in [-0.05, 0) is 29.8 Å². The van der Waals surface area contributed by atoms with Gasteiger partial charge in [0, 0.05) is 17.7 Å². The average molecular weight is 298 g/mol. The second-order valence-corrected chi connectivity index (χ2v) is 4.94. The number of aliphatic hydroxyl groups is 1. The van der Waals surface area contributed by atoms with Crippen LogP contribution in [-0.2, 0) is 4.74 Å². The molecule has 0 aliphatic carbocycles. The molecule has 1 N–H and O–H groups in total. The van der Waals surface area contributed by atoms with Crippen LogP contribution in [0.15, 0.2) is 59.6 Å². The standard InChI is InChI=1S/C16H14N2O4/c19-10-14-15(11-6-8-13(9-7-11)18(20)21)22-16(17-14)12-4-2-1-3-5-12/h1-9,14-15,19H,10H2/t14-,15-/m1/s1. The first kappa shape index (κ1) is 14.2. The van der Waals surface area contributed by atoms with Crippen molar-refractivity contribution in [3.05, 3.63) is 75.8 Å². The minimum absolute atomic E-state index is 0.0199. The summed E-state index contributed by atoms with van der Waals surface area (Å²) in [5.74, 6) is 0.475. The van der Waals surface area contributed by atoms with E-state index in [1.165, 1.54) is 12.1 Å². The summed E-state index contributed by atoms with van der Waals surface area (Å²) < 4.78 is 5.86. The third-order valence-corrected chi connectivity index (χ3v) is 3.51. The molecule has 1 aliphatic rings. The van der Waals surface area contributed by atoms with Crippen LogP contribution in [0.25, 0.3) is 0 Å². The van der Waals surface area contributed by atoms with E-state index >= 15 is 0 Å². The maximum Gasteiger partial charge on any atom is 0.269 e. The molecule has 0 saturated carbocycles. The highest BCUT2D eigenvalue weighted by atomic mass is 16.6. The van der Waals surface area contributed by atoms with Crippen LogP contribution in [0, 0.1) is 10.1 Å². The topological polar surface area (TPSA) is 85.0 Å². The fraction of sp³-hybridized carbons (Fsp3) is 0.188. The number of hydrogen-bond donors (Lipinski definition) is 1. The minimum atomic E-state index is -0.450. The normalized spacial score (nSPS) is 20.3. The highest BCUT2D eigenvalue weighted by molar-refractivity contribution is 5.95. The van der Waals surface area contributed by atoms with E-state index in [0.717, 1.165) is 11.1 Å². The molecule has 1 aliphatic heterocycles. The van der Waals surface area contributed by atoms with E-state index in [0.29, 0.717) is 5.90 Å². The van der Waals surface area contributed by atoms with Crippen LogP contribution < -0.4 is 0 Å². The van der Waals surface area contributed by atoms with Crippen LogP contribution in [0.4, 0.5) is 5.69 Å². The Morgan fingerprint density at radius 2 is 1.82 bits per heavy atom. The fourth-order valence-corrected chi connectivity index (χ4v) is 2.38. The average Bonchev–Trinajstić information content (AvgIpc) is 3.00. The number of hydrogen-bond acceptors (Lipinski definition) is 5. The summed E-state index contributed by atoms with van der Waals surface area (Å²) in [6, 6.07) is 15.1. The summed E-state index contributed by atoms with van der Waals surface area (Å²) in [7, 11) is 0. The van der Waals surface area contributed by atoms with Gasteiger partial charge in [0.2, 0.25) is 5.90 Å². The number of nitro groups is 1. The highest BCUT2D eigenvalue weighted by Crippen LogP contribution is 2.31. The number of non-ortho nitro benzene ring substituents is 1. The number of aliphatic hydroxyl groups excluding tert-OH is 1. The van der Waals surface area contributed by atoms with Crippen LogP contribution in [0.1, 0.15) is 17.2 Å². The monoisotopic (exact) mass is 298 g/mol. The Balaban J connectivity index is 1.85. The van der Waals surface area contributed by atoms with Crippen molar-refractivity contribution < 1.29 is 14.8 Å². The first-order chi connectivity index (χ1) is 10.7. The summed E-state index contributed by atoms with van der Waals surface area (Å²) >= 11 is 0. The molecule has 2 aromatic carbocycles. The number of nitro benzene ring substituents is 1. The van der Waals surface area contributed by atoms with E-state index in [-0.39, 0.29) is 12.3 Å². The van der Waals surface area contributed by atoms with E-state index < -0.39 is 17.1 Å². The Labute approximate surface area is 126 Å². The van der Waals surface area contributed by atoms with E-state index in [9.17, 15) is 15.2 Å². The van der Waals surface area contributed by atoms with Crippen molar-refractivity contribution in [3.63, 3.8) is 0 Å². The third kappa shape index (κ3) is 2.68. The van der Waals surface area contributed by atoms with Gasteiger partial charge in [0.05, 0.1) is 11.5 Å². The zero-order chi connectivity index (χ0) is 15.5. The molecular formula is C16H14N2O4. The Morgan fingerprint density at radius 3 is 2.41 bits per heavy atom. The molecule has 0 radical (unpaired) electrons. The molecular weight excluding hydrogens is 284 g/mol. The summed E-state index contributed by atoms with van der Waals surface area (Å²) in [6.45, 7) is -0.155. The molecule has 6 heteroatoms. The van der Waals surface area contributed by atoms with Gasteiger partial charge in [-0.3, -0.25) is 10.1 Å². The SMILES string of the molecule is O=[N+]([O-])c1ccc([C@H]2OC(c3ccccc3)=N[C@@H]2CO)cc1. The molecule has 2 atom stereocenters. The van der Waals surface area contributed by atoms with Crippen LogP contribution in [0.3, 0.4) is 0 Å². The van der Waals surface area contributed by atoms with E-state index in [1.54, 1.807) is 12.1 Å². The van der Waals surface area contributed by atoms with Gasteiger partial charge in [-0.2, -0.15) is 0 Å². The molecule has 0 amide bonds. The Bertz CT molecular complexity index is 698. The zero-order valence-corrected chi connectivity index (χ0v) is 11.6. The van der Waals surface area contributed by atoms with E-state index in [2.05, 4.69) is 4.99 Å². The molecule has 0 unspecified atom stereocenters. The van der Waals surface area contributed by atoms with Gasteiger partial charge >= 0.3 is 0 Å². The van der Waals surface area contributed by atoms with E-state index in [4.69, 9.17) is 4.74 Å². The van der Waals surface area contributed by atoms with Gasteiger partial charge < -0.3 is 9.84 Å². The van der Waals surface area contributed by atoms with Crippen molar-refractivity contribution in [1.29, 1.82) is 0 Å². The number of ether oxygens (including phenoxy) is 1. The van der Waals surface area contributed by atoms with Gasteiger partial charge in [0.25, 0.3) is 5.69 Å². The quantitative estimate of drug-likeness (QED) is 0.694. The fourth-order valence-electron chi connectivity index (χ4n) is 2.38. The molecule has 1 heterocycles. The summed E-state index contributed by atoms with van der Waals surface area (Å²) in [5, 5.41) is 20.2. The Kier molecular flexibility index (Phi) is 3.84. The van der Waals surface area contributed by atoms with Gasteiger partial charge in [-0.15, -0.1) is 0 Å². The minimum Gasteiger partial charge on any atom is -0.467 e. The summed E-state index contributed by atoms with van der Waals surface area (Å²) in [5.41, 5.74) is 1.61. The van der Waals surface area contributed by atoms with Crippen molar-refractivity contribution in [2.75, 3.05) is 6.61 Å². The lowest BCUT2D eigenvalue weighted by atomic mass is 10.0. The van der Waals surface area contributed by atoms with Crippen LogP contribution in [0.5, 0.6) is 0 Å². The third-order valence-electron chi connectivity index (χ3n) is 3.51. The second-order valence-electron chi connectivity index (χ2n) is 4.94. The molecule has 3 rings (SSSR count). The predicted molar refractivity (Wildman–Crippen MR) is 80.8 cm³/mol. The maximum absolute atomic E-state index is 10.7. The van der Waals surface area contributed by atoms with Gasteiger partial charge in [-0.1, -0.05) is 18.2 Å². The lowest BCUT2D eigenvalue weighted by Crippen LogP contribution is -2.17. The van der Waals surface area contributed by atoms with Crippen molar-refractivity contribution in [3.8, 4) is 0 Å². The van der Waals surface area contributed by atoms with Crippen molar-refractivity contribution in [2.24, 2.45) is 4.99 Å². The Hall–Kier alpha value is -2.73. The van der Waals surface area contributed by atoms with Crippen LogP contribution in [-0.4, -0.2) is 28.6 Å². The smallest absolute Gasteiger partial charge is 0.269 e. The molecule has 22 heavy (non-hydrogen) atoms. The van der Waals surface area contributed by atoms with Gasteiger partial charge in [0.15, 0.2) is 6.10 Å². The molecule has 0 aromatic heterocycles. The van der Waals surface area contributed by atoms with Gasteiger partial charge in [0.1, 0.15) is 6.04 Å². The molecule has 0 fully saturated rings. The van der Waals surface area contributed by atoms with Crippen molar-refractivity contribution >= 4 is 11.6 Å². The maximum atomic E-state index is 10.7. The molecule has 0 saturated heterocycles. The molecule has 6 nitrogen and oxygen atoms in total. The van der Waals surface area contributed by atoms with Crippen molar-refractivity contribution in [1.82, 2.24) is 0 Å². The predicted octanol–water partition coefficient (Wildman–Crippen LogP) is 2.47. The second kappa shape index (κ2) is 5.95. The first-order valence-electron chi connectivity index (χ1n) is 6.84. The number of benzene rings is 2. The van der Waals surface area contributed by atoms with Crippen LogP contribution in [0.2, 0.25) is 0 Å². The Morgan fingerprint density at radius 1 is 1.14 bits per heavy atom. The number of rotatable bonds is 4. The molecule has 0 bridgehead atoms. The lowest BCUT2D eigenvalue weighted by molar-refractivity contribution is -0.384.